The molecular weight excluding hydrogens is 322 g/mol. The summed E-state index contributed by atoms with van der Waals surface area (Å²) in [7, 11) is 0. The van der Waals surface area contributed by atoms with Crippen molar-refractivity contribution in [2.75, 3.05) is 17.2 Å². The second-order valence-corrected chi connectivity index (χ2v) is 5.61. The standard InChI is InChI=1S/C18H17N3O4/c1-11(22)20-15-4-2-3-13(9-15)17(23)21-14-7-5-12(6-8-14)16-10-19-18(24)25-16/h2-9,16H,10H2,1H3,(H,19,24)(H,20,22)(H,21,23). The van der Waals surface area contributed by atoms with E-state index in [0.717, 1.165) is 5.56 Å². The number of ether oxygens (including phenoxy) is 1. The highest BCUT2D eigenvalue weighted by Gasteiger charge is 2.23. The number of amides is 3. The highest BCUT2D eigenvalue weighted by molar-refractivity contribution is 6.05. The molecule has 1 unspecified atom stereocenters. The van der Waals surface area contributed by atoms with Crippen molar-refractivity contribution in [2.24, 2.45) is 0 Å². The Balaban J connectivity index is 1.66. The molecule has 1 aliphatic rings. The predicted molar refractivity (Wildman–Crippen MR) is 92.4 cm³/mol. The Morgan fingerprint density at radius 1 is 1.08 bits per heavy atom. The molecule has 1 saturated heterocycles. The Morgan fingerprint density at radius 2 is 1.84 bits per heavy atom. The van der Waals surface area contributed by atoms with Crippen LogP contribution in [0.15, 0.2) is 48.5 Å². The summed E-state index contributed by atoms with van der Waals surface area (Å²) in [5.74, 6) is -0.482. The normalized spacial score (nSPS) is 15.9. The summed E-state index contributed by atoms with van der Waals surface area (Å²) in [6.45, 7) is 1.84. The van der Waals surface area contributed by atoms with Crippen LogP contribution in [0, 0.1) is 0 Å². The van der Waals surface area contributed by atoms with Gasteiger partial charge in [0, 0.05) is 23.9 Å². The Hall–Kier alpha value is -3.35. The van der Waals surface area contributed by atoms with Gasteiger partial charge in [-0.05, 0) is 35.9 Å². The average molecular weight is 339 g/mol. The number of benzene rings is 2. The molecule has 1 heterocycles. The molecule has 0 spiro atoms. The zero-order chi connectivity index (χ0) is 17.8. The van der Waals surface area contributed by atoms with E-state index in [9.17, 15) is 14.4 Å². The summed E-state index contributed by atoms with van der Waals surface area (Å²) in [4.78, 5) is 34.5. The lowest BCUT2D eigenvalue weighted by molar-refractivity contribution is -0.114. The fraction of sp³-hybridized carbons (Fsp3) is 0.167. The van der Waals surface area contributed by atoms with E-state index in [1.54, 1.807) is 48.5 Å². The van der Waals surface area contributed by atoms with Crippen LogP contribution < -0.4 is 16.0 Å². The van der Waals surface area contributed by atoms with E-state index in [1.165, 1.54) is 6.92 Å². The van der Waals surface area contributed by atoms with E-state index in [1.807, 2.05) is 0 Å². The van der Waals surface area contributed by atoms with E-state index in [0.29, 0.717) is 23.5 Å². The van der Waals surface area contributed by atoms with Crippen LogP contribution in [0.4, 0.5) is 16.2 Å². The van der Waals surface area contributed by atoms with Crippen LogP contribution >= 0.6 is 0 Å². The number of cyclic esters (lactones) is 1. The van der Waals surface area contributed by atoms with Crippen LogP contribution in [0.2, 0.25) is 0 Å². The summed E-state index contributed by atoms with van der Waals surface area (Å²) >= 11 is 0. The molecule has 7 nitrogen and oxygen atoms in total. The molecule has 0 aliphatic carbocycles. The van der Waals surface area contributed by atoms with Crippen molar-refractivity contribution in [3.63, 3.8) is 0 Å². The third-order valence-corrected chi connectivity index (χ3v) is 3.67. The molecule has 1 aliphatic heterocycles. The quantitative estimate of drug-likeness (QED) is 0.798. The summed E-state index contributed by atoms with van der Waals surface area (Å²) in [5.41, 5.74) is 2.47. The summed E-state index contributed by atoms with van der Waals surface area (Å²) in [6.07, 6.45) is -0.743. The van der Waals surface area contributed by atoms with Crippen LogP contribution in [0.3, 0.4) is 0 Å². The largest absolute Gasteiger partial charge is 0.439 e. The smallest absolute Gasteiger partial charge is 0.407 e. The summed E-state index contributed by atoms with van der Waals surface area (Å²) < 4.78 is 5.11. The SMILES string of the molecule is CC(=O)Nc1cccc(C(=O)Nc2ccc(C3CNC(=O)O3)cc2)c1. The highest BCUT2D eigenvalue weighted by atomic mass is 16.6. The maximum absolute atomic E-state index is 12.3. The molecule has 2 aromatic rings. The lowest BCUT2D eigenvalue weighted by atomic mass is 10.1. The van der Waals surface area contributed by atoms with Crippen molar-refractivity contribution < 1.29 is 19.1 Å². The van der Waals surface area contributed by atoms with Crippen molar-refractivity contribution in [2.45, 2.75) is 13.0 Å². The lowest BCUT2D eigenvalue weighted by Crippen LogP contribution is -2.13. The molecule has 7 heteroatoms. The van der Waals surface area contributed by atoms with E-state index in [2.05, 4.69) is 16.0 Å². The second-order valence-electron chi connectivity index (χ2n) is 5.61. The predicted octanol–water partition coefficient (Wildman–Crippen LogP) is 2.68. The molecule has 1 atom stereocenters. The molecule has 0 saturated carbocycles. The maximum atomic E-state index is 12.3. The Morgan fingerprint density at radius 3 is 2.48 bits per heavy atom. The van der Waals surface area contributed by atoms with Crippen LogP contribution in [0.1, 0.15) is 28.9 Å². The minimum atomic E-state index is -0.429. The number of hydrogen-bond donors (Lipinski definition) is 3. The molecule has 0 bridgehead atoms. The number of hydrogen-bond acceptors (Lipinski definition) is 4. The summed E-state index contributed by atoms with van der Waals surface area (Å²) in [6, 6.07) is 13.8. The first kappa shape index (κ1) is 16.5. The van der Waals surface area contributed by atoms with Crippen LogP contribution in [0.25, 0.3) is 0 Å². The summed E-state index contributed by atoms with van der Waals surface area (Å²) in [5, 5.41) is 8.02. The molecule has 3 amide bonds. The van der Waals surface area contributed by atoms with Gasteiger partial charge in [0.25, 0.3) is 5.91 Å². The van der Waals surface area contributed by atoms with Gasteiger partial charge in [-0.3, -0.25) is 9.59 Å². The Labute approximate surface area is 144 Å². The molecular formula is C18H17N3O4. The van der Waals surface area contributed by atoms with Gasteiger partial charge in [-0.25, -0.2) is 4.79 Å². The minimum Gasteiger partial charge on any atom is -0.439 e. The molecule has 0 radical (unpaired) electrons. The molecule has 25 heavy (non-hydrogen) atoms. The average Bonchev–Trinajstić information content (AvgIpc) is 3.01. The van der Waals surface area contributed by atoms with E-state index < -0.39 is 6.09 Å². The Kier molecular flexibility index (Phi) is 4.65. The van der Waals surface area contributed by atoms with Gasteiger partial charge in [-0.1, -0.05) is 18.2 Å². The second kappa shape index (κ2) is 7.04. The maximum Gasteiger partial charge on any atom is 0.407 e. The first-order valence-corrected chi connectivity index (χ1v) is 7.75. The van der Waals surface area contributed by atoms with E-state index >= 15 is 0 Å². The molecule has 128 valence electrons. The zero-order valence-electron chi connectivity index (χ0n) is 13.5. The number of carbonyl (C=O) groups excluding carboxylic acids is 3. The van der Waals surface area contributed by atoms with Gasteiger partial charge in [-0.2, -0.15) is 0 Å². The van der Waals surface area contributed by atoms with Crippen molar-refractivity contribution in [1.82, 2.24) is 5.32 Å². The highest BCUT2D eigenvalue weighted by Crippen LogP contribution is 2.22. The van der Waals surface area contributed by atoms with Crippen molar-refractivity contribution in [3.05, 3.63) is 59.7 Å². The van der Waals surface area contributed by atoms with E-state index in [4.69, 9.17) is 4.74 Å². The monoisotopic (exact) mass is 339 g/mol. The number of nitrogens with one attached hydrogen (secondary N) is 3. The number of anilines is 2. The topological polar surface area (TPSA) is 96.5 Å². The minimum absolute atomic E-state index is 0.199. The van der Waals surface area contributed by atoms with Crippen LogP contribution in [-0.4, -0.2) is 24.5 Å². The van der Waals surface area contributed by atoms with Crippen molar-refractivity contribution >= 4 is 29.3 Å². The molecule has 3 rings (SSSR count). The van der Waals surface area contributed by atoms with Gasteiger partial charge in [0.05, 0.1) is 6.54 Å². The van der Waals surface area contributed by atoms with Crippen LogP contribution in [-0.2, 0) is 9.53 Å². The van der Waals surface area contributed by atoms with Crippen LogP contribution in [0.5, 0.6) is 0 Å². The van der Waals surface area contributed by atoms with Crippen molar-refractivity contribution in [3.8, 4) is 0 Å². The first-order chi connectivity index (χ1) is 12.0. The molecule has 3 N–H and O–H groups in total. The van der Waals surface area contributed by atoms with Gasteiger partial charge >= 0.3 is 6.09 Å². The van der Waals surface area contributed by atoms with Gasteiger partial charge in [0.2, 0.25) is 5.91 Å². The fourth-order valence-electron chi connectivity index (χ4n) is 2.50. The number of rotatable bonds is 4. The number of carbonyl (C=O) groups is 3. The molecule has 1 fully saturated rings. The molecule has 2 aromatic carbocycles. The fourth-order valence-corrected chi connectivity index (χ4v) is 2.50. The third kappa shape index (κ3) is 4.14. The lowest BCUT2D eigenvalue weighted by Gasteiger charge is -2.10. The number of alkyl carbamates (subject to hydrolysis) is 1. The van der Waals surface area contributed by atoms with Crippen molar-refractivity contribution in [1.29, 1.82) is 0 Å². The first-order valence-electron chi connectivity index (χ1n) is 7.75. The van der Waals surface area contributed by atoms with Gasteiger partial charge < -0.3 is 20.7 Å². The van der Waals surface area contributed by atoms with Gasteiger partial charge in [0.1, 0.15) is 6.10 Å². The van der Waals surface area contributed by atoms with E-state index in [-0.39, 0.29) is 17.9 Å². The third-order valence-electron chi connectivity index (χ3n) is 3.67. The molecule has 0 aromatic heterocycles. The zero-order valence-corrected chi connectivity index (χ0v) is 13.5. The van der Waals surface area contributed by atoms with Gasteiger partial charge in [0.15, 0.2) is 0 Å². The van der Waals surface area contributed by atoms with Gasteiger partial charge in [-0.15, -0.1) is 0 Å². The Bertz CT molecular complexity index is 817.